The van der Waals surface area contributed by atoms with Crippen molar-refractivity contribution in [2.75, 3.05) is 11.1 Å². The van der Waals surface area contributed by atoms with Crippen LogP contribution in [-0.4, -0.2) is 12.2 Å². The summed E-state index contributed by atoms with van der Waals surface area (Å²) < 4.78 is 81.4. The van der Waals surface area contributed by atoms with E-state index in [2.05, 4.69) is 26.1 Å². The molecule has 0 saturated heterocycles. The molecule has 3 aromatic rings. The molecule has 10 heteroatoms. The van der Waals surface area contributed by atoms with Crippen molar-refractivity contribution in [3.05, 3.63) is 82.9 Å². The average Bonchev–Trinajstić information content (AvgIpc) is 2.77. The van der Waals surface area contributed by atoms with Crippen LogP contribution in [0.1, 0.15) is 52.6 Å². The number of carbonyl (C=O) groups is 2. The molecule has 4 nitrogen and oxygen atoms in total. The first-order valence-corrected chi connectivity index (χ1v) is 10.7. The van der Waals surface area contributed by atoms with Gasteiger partial charge in [-0.1, -0.05) is 45.0 Å². The molecule has 3 aromatic carbocycles. The summed E-state index contributed by atoms with van der Waals surface area (Å²) in [7, 11) is 0. The van der Waals surface area contributed by atoms with Crippen LogP contribution >= 0.6 is 0 Å². The van der Waals surface area contributed by atoms with E-state index >= 15 is 0 Å². The van der Waals surface area contributed by atoms with Crippen LogP contribution in [0.25, 0.3) is 11.1 Å². The number of benzene rings is 3. The molecule has 0 radical (unpaired) electrons. The van der Waals surface area contributed by atoms with Crippen molar-refractivity contribution in [2.45, 2.75) is 33.1 Å². The largest absolute Gasteiger partial charge is 0.417 e. The standard InChI is InChI=1S/C22H14F6N2O2.C4H10/c23-21(24,25)18-9-14(29)5-7-16(18)17-8-6-15(10-19(17)22(26,27)28)30-20(32)13-3-1-12(11-31)2-4-13;1-4(2)3/h1-11H,29H2,(H,30,32);4H,1-3H3. The number of carbonyl (C=O) groups excluding carboxylic acids is 2. The van der Waals surface area contributed by atoms with Crippen LogP contribution in [0.3, 0.4) is 0 Å². The Kier molecular flexibility index (Phi) is 8.90. The van der Waals surface area contributed by atoms with Gasteiger partial charge in [0.05, 0.1) is 11.1 Å². The molecule has 36 heavy (non-hydrogen) atoms. The van der Waals surface area contributed by atoms with E-state index in [1.807, 2.05) is 0 Å². The second kappa shape index (κ2) is 11.3. The van der Waals surface area contributed by atoms with Crippen molar-refractivity contribution in [2.24, 2.45) is 5.92 Å². The summed E-state index contributed by atoms with van der Waals surface area (Å²) in [5, 5.41) is 2.27. The highest BCUT2D eigenvalue weighted by Gasteiger charge is 2.38. The molecule has 0 spiro atoms. The smallest absolute Gasteiger partial charge is 0.399 e. The maximum atomic E-state index is 13.7. The van der Waals surface area contributed by atoms with Gasteiger partial charge in [0.2, 0.25) is 0 Å². The van der Waals surface area contributed by atoms with E-state index < -0.39 is 40.5 Å². The summed E-state index contributed by atoms with van der Waals surface area (Å²) >= 11 is 0. The maximum Gasteiger partial charge on any atom is 0.417 e. The Hall–Kier alpha value is -3.82. The molecule has 0 aliphatic rings. The van der Waals surface area contributed by atoms with Gasteiger partial charge in [0.1, 0.15) is 6.29 Å². The third-order valence-corrected chi connectivity index (χ3v) is 4.53. The van der Waals surface area contributed by atoms with Gasteiger partial charge in [0.15, 0.2) is 0 Å². The number of nitrogens with two attached hydrogens (primary N) is 1. The predicted molar refractivity (Wildman–Crippen MR) is 127 cm³/mol. The van der Waals surface area contributed by atoms with Crippen LogP contribution < -0.4 is 11.1 Å². The van der Waals surface area contributed by atoms with Crippen molar-refractivity contribution in [3.8, 4) is 11.1 Å². The molecule has 0 fully saturated rings. The zero-order valence-corrected chi connectivity index (χ0v) is 19.6. The molecule has 0 aliphatic heterocycles. The van der Waals surface area contributed by atoms with Crippen molar-refractivity contribution in [1.82, 2.24) is 0 Å². The van der Waals surface area contributed by atoms with Crippen molar-refractivity contribution >= 4 is 23.6 Å². The van der Waals surface area contributed by atoms with Crippen LogP contribution in [0.2, 0.25) is 0 Å². The van der Waals surface area contributed by atoms with Crippen LogP contribution in [0, 0.1) is 5.92 Å². The lowest BCUT2D eigenvalue weighted by atomic mass is 9.93. The number of alkyl halides is 6. The van der Waals surface area contributed by atoms with Crippen molar-refractivity contribution in [3.63, 3.8) is 0 Å². The number of nitrogens with one attached hydrogen (secondary N) is 1. The molecule has 0 atom stereocenters. The lowest BCUT2D eigenvalue weighted by molar-refractivity contribution is -0.139. The fraction of sp³-hybridized carbons (Fsp3) is 0.231. The minimum absolute atomic E-state index is 0.0751. The maximum absolute atomic E-state index is 13.7. The van der Waals surface area contributed by atoms with E-state index in [0.717, 1.165) is 30.2 Å². The Balaban J connectivity index is 0.00000106. The molecular weight excluding hydrogens is 486 g/mol. The first-order valence-electron chi connectivity index (χ1n) is 10.7. The second-order valence-electron chi connectivity index (χ2n) is 8.49. The van der Waals surface area contributed by atoms with Crippen LogP contribution in [0.5, 0.6) is 0 Å². The zero-order chi connectivity index (χ0) is 27.3. The van der Waals surface area contributed by atoms with Gasteiger partial charge in [-0.05, 0) is 53.4 Å². The van der Waals surface area contributed by atoms with E-state index in [0.29, 0.717) is 24.0 Å². The lowest BCUT2D eigenvalue weighted by Gasteiger charge is -2.19. The number of aldehydes is 1. The van der Waals surface area contributed by atoms with Gasteiger partial charge in [0.25, 0.3) is 5.91 Å². The van der Waals surface area contributed by atoms with Crippen LogP contribution in [-0.2, 0) is 12.4 Å². The van der Waals surface area contributed by atoms with E-state index in [1.165, 1.54) is 24.3 Å². The number of halogens is 6. The quantitative estimate of drug-likeness (QED) is 0.215. The van der Waals surface area contributed by atoms with Gasteiger partial charge in [-0.2, -0.15) is 26.3 Å². The van der Waals surface area contributed by atoms with Crippen molar-refractivity contribution in [1.29, 1.82) is 0 Å². The third-order valence-electron chi connectivity index (χ3n) is 4.53. The molecule has 0 aromatic heterocycles. The Morgan fingerprint density at radius 1 is 0.806 bits per heavy atom. The number of hydrogen-bond donors (Lipinski definition) is 2. The van der Waals surface area contributed by atoms with E-state index in [4.69, 9.17) is 5.73 Å². The summed E-state index contributed by atoms with van der Waals surface area (Å²) in [6.07, 6.45) is -9.39. The number of hydrogen-bond acceptors (Lipinski definition) is 3. The molecule has 1 amide bonds. The van der Waals surface area contributed by atoms with Gasteiger partial charge >= 0.3 is 12.4 Å². The van der Waals surface area contributed by atoms with E-state index in [9.17, 15) is 35.9 Å². The summed E-state index contributed by atoms with van der Waals surface area (Å²) in [5.74, 6) is 0.0757. The highest BCUT2D eigenvalue weighted by Crippen LogP contribution is 2.44. The van der Waals surface area contributed by atoms with E-state index in [1.54, 1.807) is 0 Å². The van der Waals surface area contributed by atoms with Gasteiger partial charge in [-0.3, -0.25) is 9.59 Å². The predicted octanol–water partition coefficient (Wildman–Crippen LogP) is 7.70. The highest BCUT2D eigenvalue weighted by molar-refractivity contribution is 6.04. The molecule has 3 N–H and O–H groups in total. The number of amides is 1. The average molecular weight is 510 g/mol. The number of rotatable bonds is 4. The highest BCUT2D eigenvalue weighted by atomic mass is 19.4. The lowest BCUT2D eigenvalue weighted by Crippen LogP contribution is -2.15. The first kappa shape index (κ1) is 28.4. The Labute approximate surface area is 204 Å². The molecule has 3 rings (SSSR count). The van der Waals surface area contributed by atoms with Crippen LogP contribution in [0.4, 0.5) is 37.7 Å². The number of nitrogen functional groups attached to an aromatic ring is 1. The monoisotopic (exact) mass is 510 g/mol. The molecule has 0 heterocycles. The minimum atomic E-state index is -5.01. The first-order chi connectivity index (χ1) is 16.6. The summed E-state index contributed by atoms with van der Waals surface area (Å²) in [5.41, 5.74) is 1.17. The zero-order valence-electron chi connectivity index (χ0n) is 19.6. The van der Waals surface area contributed by atoms with E-state index in [-0.39, 0.29) is 16.9 Å². The fourth-order valence-corrected chi connectivity index (χ4v) is 3.04. The third kappa shape index (κ3) is 7.59. The fourth-order valence-electron chi connectivity index (χ4n) is 3.04. The summed E-state index contributed by atoms with van der Waals surface area (Å²) in [4.78, 5) is 23.0. The SMILES string of the molecule is CC(C)C.Nc1ccc(-c2ccc(NC(=O)c3ccc(C=O)cc3)cc2C(F)(F)F)c(C(F)(F)F)c1. The van der Waals surface area contributed by atoms with Gasteiger partial charge in [0, 0.05) is 22.5 Å². The summed E-state index contributed by atoms with van der Waals surface area (Å²) in [6.45, 7) is 6.50. The van der Waals surface area contributed by atoms with Crippen LogP contribution in [0.15, 0.2) is 60.7 Å². The molecule has 0 unspecified atom stereocenters. The molecule has 0 aliphatic carbocycles. The minimum Gasteiger partial charge on any atom is -0.399 e. The van der Waals surface area contributed by atoms with Crippen molar-refractivity contribution < 1.29 is 35.9 Å². The second-order valence-corrected chi connectivity index (χ2v) is 8.49. The topological polar surface area (TPSA) is 72.2 Å². The molecule has 0 bridgehead atoms. The molecule has 192 valence electrons. The molecule has 0 saturated carbocycles. The normalized spacial score (nSPS) is 11.5. The van der Waals surface area contributed by atoms with Gasteiger partial charge in [-0.15, -0.1) is 0 Å². The number of anilines is 2. The Bertz CT molecular complexity index is 1210. The van der Waals surface area contributed by atoms with Gasteiger partial charge in [-0.25, -0.2) is 0 Å². The summed E-state index contributed by atoms with van der Waals surface area (Å²) in [6, 6.07) is 10.3. The Morgan fingerprint density at radius 3 is 1.75 bits per heavy atom. The van der Waals surface area contributed by atoms with Gasteiger partial charge < -0.3 is 11.1 Å². The Morgan fingerprint density at radius 2 is 1.28 bits per heavy atom. The molecular formula is C26H24F6N2O2.